The van der Waals surface area contributed by atoms with Gasteiger partial charge in [-0.25, -0.2) is 15.0 Å². The number of ether oxygens (including phenoxy) is 1. The Balaban J connectivity index is 0.670. The van der Waals surface area contributed by atoms with Crippen molar-refractivity contribution in [3.8, 4) is 45.4 Å². The summed E-state index contributed by atoms with van der Waals surface area (Å²) >= 11 is 0. The SMILES string of the molecule is c1ccc2c(c1)Oc1cc(-n3c4ccccc4c4c(-c5ccc6c(c5)nc5n6B6c7c(cccc7N5c5ccccc5-n5c7ccccc7c7ccccc75)N(c5ccccc5-n5c7ccccc7c7ccccc75)c5nc7ccccc7n56)cccc43)cc3c1B2n1c(nc2ccccc21)N3c1ccccc1-n1c2ccccc2c2ccccc21. The molecular weight excluding hydrogens is 1480 g/mol. The van der Waals surface area contributed by atoms with Crippen LogP contribution in [0.5, 0.6) is 11.5 Å². The largest absolute Gasteiger partial charge is 0.458 e. The fourth-order valence-corrected chi connectivity index (χ4v) is 21.4. The van der Waals surface area contributed by atoms with Gasteiger partial charge in [0.2, 0.25) is 17.8 Å². The van der Waals surface area contributed by atoms with Gasteiger partial charge in [-0.1, -0.05) is 231 Å². The van der Waals surface area contributed by atoms with Crippen molar-refractivity contribution >= 4 is 203 Å². The summed E-state index contributed by atoms with van der Waals surface area (Å²) in [6.45, 7) is -0.745. The number of rotatable bonds is 8. The summed E-state index contributed by atoms with van der Waals surface area (Å²) in [5, 5.41) is 9.38. The Labute approximate surface area is 691 Å². The van der Waals surface area contributed by atoms with Crippen LogP contribution in [0.1, 0.15) is 0 Å². The Kier molecular flexibility index (Phi) is 13.0. The van der Waals surface area contributed by atoms with Gasteiger partial charge in [0.15, 0.2) is 0 Å². The standard InChI is InChI=1S/C105H63B2N13O/c1-11-40-78-67(29-1)68-30-2-12-41-79(68)112(78)88-49-20-23-52-91(88)115-95-56-28-57-96-101(95)107(119-86-48-19-10-39-76(86)109-104(115)119)120-87-60-59-64(61-77(87)110-105(120)116(96)92-53-24-21-50-89(92)113-80-42-13-3-31-69(80)70-32-4-14-43-81(70)113)66-36-27-55-94-100(66)73-35-7-17-46-84(73)111(94)65-62-97-102-99(63-65)121-98-58-26-8-37-74(98)106(102)118-85-47-18-9-38-75(85)108-103(118)117(97)93-54-25-22-51-90(93)114-82-44-15-5-33-71(82)72-34-6-16-45-83(72)114/h1-63H. The Bertz CT molecular complexity index is 8530. The Morgan fingerprint density at radius 1 is 0.231 bits per heavy atom. The first kappa shape index (κ1) is 64.9. The Morgan fingerprint density at radius 3 is 1.10 bits per heavy atom. The molecule has 0 saturated heterocycles. The Hall–Kier alpha value is -16.3. The van der Waals surface area contributed by atoms with Crippen molar-refractivity contribution in [1.29, 1.82) is 0 Å². The van der Waals surface area contributed by atoms with Crippen LogP contribution in [0.2, 0.25) is 0 Å². The maximum absolute atomic E-state index is 7.41. The Morgan fingerprint density at radius 2 is 0.595 bits per heavy atom. The molecule has 0 saturated carbocycles. The minimum absolute atomic E-state index is 0.274. The summed E-state index contributed by atoms with van der Waals surface area (Å²) in [5.74, 6) is 3.98. The fourth-order valence-electron chi connectivity index (χ4n) is 21.4. The van der Waals surface area contributed by atoms with Gasteiger partial charge in [-0.3, -0.25) is 14.7 Å². The predicted octanol–water partition coefficient (Wildman–Crippen LogP) is 23.7. The van der Waals surface area contributed by atoms with Crippen molar-refractivity contribution < 1.29 is 4.74 Å². The van der Waals surface area contributed by atoms with Gasteiger partial charge in [0.1, 0.15) is 11.5 Å². The lowest BCUT2D eigenvalue weighted by Crippen LogP contribution is -2.56. The van der Waals surface area contributed by atoms with E-state index in [2.05, 4.69) is 429 Å². The van der Waals surface area contributed by atoms with Gasteiger partial charge < -0.3 is 36.4 Å². The number of benzene rings is 17. The first-order valence-corrected chi connectivity index (χ1v) is 41.3. The molecule has 0 unspecified atom stereocenters. The van der Waals surface area contributed by atoms with Crippen molar-refractivity contribution in [3.05, 3.63) is 382 Å². The molecule has 24 aromatic rings. The number of aromatic nitrogens is 10. The highest BCUT2D eigenvalue weighted by atomic mass is 16.5. The normalized spacial score (nSPS) is 13.3. The van der Waals surface area contributed by atoms with E-state index in [1.165, 1.54) is 32.3 Å². The van der Waals surface area contributed by atoms with E-state index in [1.807, 2.05) is 0 Å². The number of fused-ring (bicyclic) bond motifs is 26. The quantitative estimate of drug-likeness (QED) is 0.140. The highest BCUT2D eigenvalue weighted by Gasteiger charge is 2.50. The van der Waals surface area contributed by atoms with Gasteiger partial charge in [0.25, 0.3) is 0 Å². The zero-order valence-electron chi connectivity index (χ0n) is 64.7. The van der Waals surface area contributed by atoms with Crippen LogP contribution in [0.15, 0.2) is 382 Å². The molecule has 0 radical (unpaired) electrons. The maximum atomic E-state index is 7.41. The lowest BCUT2D eigenvalue weighted by molar-refractivity contribution is 0.486. The summed E-state index contributed by atoms with van der Waals surface area (Å²) in [5.41, 5.74) is 29.8. The van der Waals surface area contributed by atoms with Crippen molar-refractivity contribution in [3.63, 3.8) is 0 Å². The van der Waals surface area contributed by atoms with Gasteiger partial charge in [-0.2, -0.15) is 0 Å². The summed E-state index contributed by atoms with van der Waals surface area (Å²) in [7, 11) is 0. The average Bonchev–Trinajstić information content (AvgIpc) is 1.47. The van der Waals surface area contributed by atoms with Gasteiger partial charge in [0, 0.05) is 71.5 Å². The van der Waals surface area contributed by atoms with Crippen LogP contribution >= 0.6 is 0 Å². The smallest absolute Gasteiger partial charge is 0.429 e. The minimum Gasteiger partial charge on any atom is -0.458 e. The van der Waals surface area contributed by atoms with E-state index in [1.54, 1.807) is 0 Å². The van der Waals surface area contributed by atoms with E-state index < -0.39 is 6.98 Å². The number of anilines is 9. The van der Waals surface area contributed by atoms with Crippen LogP contribution in [-0.2, 0) is 0 Å². The van der Waals surface area contributed by atoms with Crippen LogP contribution in [0.25, 0.3) is 154 Å². The molecule has 560 valence electrons. The van der Waals surface area contributed by atoms with E-state index in [9.17, 15) is 0 Å². The average molecular weight is 1540 g/mol. The lowest BCUT2D eigenvalue weighted by Gasteiger charge is -2.43. The van der Waals surface area contributed by atoms with E-state index in [-0.39, 0.29) is 6.85 Å². The minimum atomic E-state index is -0.471. The molecule has 0 bridgehead atoms. The molecule has 4 aliphatic rings. The molecule has 16 heteroatoms. The molecule has 14 nitrogen and oxygen atoms in total. The van der Waals surface area contributed by atoms with Crippen LogP contribution in [0.4, 0.5) is 52.0 Å². The van der Waals surface area contributed by atoms with Crippen molar-refractivity contribution in [2.24, 2.45) is 0 Å². The molecule has 0 spiro atoms. The molecule has 17 aromatic carbocycles. The summed E-state index contributed by atoms with van der Waals surface area (Å²) < 4.78 is 24.6. The fraction of sp³-hybridized carbons (Fsp3) is 0. The molecular formula is C105H63B2N13O. The molecule has 28 rings (SSSR count). The molecule has 4 aliphatic heterocycles. The molecule has 121 heavy (non-hydrogen) atoms. The zero-order chi connectivity index (χ0) is 78.6. The number of imidazole rings is 3. The highest BCUT2D eigenvalue weighted by Crippen LogP contribution is 2.54. The van der Waals surface area contributed by atoms with E-state index >= 15 is 0 Å². The van der Waals surface area contributed by atoms with Crippen LogP contribution in [0, 0.1) is 0 Å². The first-order valence-electron chi connectivity index (χ1n) is 41.3. The molecule has 0 aliphatic carbocycles. The highest BCUT2D eigenvalue weighted by molar-refractivity contribution is 6.88. The van der Waals surface area contributed by atoms with Crippen molar-refractivity contribution in [2.75, 3.05) is 14.7 Å². The third-order valence-electron chi connectivity index (χ3n) is 26.1. The van der Waals surface area contributed by atoms with Crippen molar-refractivity contribution in [1.82, 2.24) is 46.7 Å². The monoisotopic (exact) mass is 1540 g/mol. The van der Waals surface area contributed by atoms with E-state index in [0.717, 1.165) is 202 Å². The predicted molar refractivity (Wildman–Crippen MR) is 496 cm³/mol. The molecule has 0 N–H and O–H groups in total. The van der Waals surface area contributed by atoms with Gasteiger partial charge in [0.05, 0.1) is 123 Å². The second-order valence-corrected chi connectivity index (χ2v) is 32.2. The summed E-state index contributed by atoms with van der Waals surface area (Å²) in [4.78, 5) is 24.9. The van der Waals surface area contributed by atoms with Gasteiger partial charge >= 0.3 is 13.8 Å². The topological polar surface area (TPSA) is 92.1 Å². The van der Waals surface area contributed by atoms with Gasteiger partial charge in [-0.15, -0.1) is 0 Å². The maximum Gasteiger partial charge on any atom is 0.429 e. The van der Waals surface area contributed by atoms with Crippen LogP contribution in [-0.4, -0.2) is 60.5 Å². The number of para-hydroxylation sites is 18. The number of hydrogen-bond donors (Lipinski definition) is 0. The molecule has 7 aromatic heterocycles. The molecule has 0 atom stereocenters. The third kappa shape index (κ3) is 8.67. The third-order valence-corrected chi connectivity index (χ3v) is 26.1. The van der Waals surface area contributed by atoms with Gasteiger partial charge in [-0.05, 0) is 162 Å². The lowest BCUT2D eigenvalue weighted by atomic mass is 9.47. The van der Waals surface area contributed by atoms with Crippen molar-refractivity contribution in [2.45, 2.75) is 0 Å². The van der Waals surface area contributed by atoms with E-state index in [0.29, 0.717) is 0 Å². The zero-order valence-corrected chi connectivity index (χ0v) is 64.7. The van der Waals surface area contributed by atoms with Crippen LogP contribution in [0.3, 0.4) is 0 Å². The molecule has 0 fully saturated rings. The first-order chi connectivity index (χ1) is 60.1. The summed E-state index contributed by atoms with van der Waals surface area (Å²) in [6.07, 6.45) is 0. The number of hydrogen-bond acceptors (Lipinski definition) is 7. The number of nitrogens with zero attached hydrogens (tertiary/aromatic N) is 13. The van der Waals surface area contributed by atoms with E-state index in [4.69, 9.17) is 19.7 Å². The van der Waals surface area contributed by atoms with Crippen LogP contribution < -0.4 is 35.8 Å². The molecule has 11 heterocycles. The summed E-state index contributed by atoms with van der Waals surface area (Å²) in [6, 6.07) is 139. The second-order valence-electron chi connectivity index (χ2n) is 32.2. The second kappa shape index (κ2) is 24.2. The molecule has 0 amide bonds.